The Morgan fingerprint density at radius 3 is 2.42 bits per heavy atom. The number of carbonyl (C=O) groups is 1. The zero-order valence-electron chi connectivity index (χ0n) is 17.9. The molecule has 3 N–H and O–H groups in total. The Morgan fingerprint density at radius 2 is 1.73 bits per heavy atom. The standard InChI is InChI=1S/C15H19F2NO2.C8H5FN2O2/c1-10(13-3-2-12(16)9-14(13)17)18-15(19)8-11-4-6-20-7-5-11;9-4-1-2-6-5(3-4)7(12)11-8(13)10-6/h2-3,9-11H,4-8H2,1H3,(H,18,19);1-3H,(H2,10,11,12,13). The van der Waals surface area contributed by atoms with Crippen LogP contribution in [0.5, 0.6) is 0 Å². The molecule has 1 aromatic heterocycles. The van der Waals surface area contributed by atoms with E-state index in [1.54, 1.807) is 6.92 Å². The number of hydrogen-bond acceptors (Lipinski definition) is 4. The highest BCUT2D eigenvalue weighted by Gasteiger charge is 2.20. The Balaban J connectivity index is 0.000000203. The number of benzene rings is 2. The van der Waals surface area contributed by atoms with E-state index in [4.69, 9.17) is 4.74 Å². The molecule has 0 aliphatic carbocycles. The minimum atomic E-state index is -0.635. The van der Waals surface area contributed by atoms with Crippen molar-refractivity contribution < 1.29 is 22.7 Å². The van der Waals surface area contributed by atoms with Crippen LogP contribution < -0.4 is 16.6 Å². The number of ether oxygens (including phenoxy) is 1. The zero-order valence-corrected chi connectivity index (χ0v) is 17.9. The van der Waals surface area contributed by atoms with Gasteiger partial charge in [-0.1, -0.05) is 6.07 Å². The molecule has 0 radical (unpaired) electrons. The zero-order chi connectivity index (χ0) is 24.0. The third-order valence-corrected chi connectivity index (χ3v) is 5.32. The molecule has 7 nitrogen and oxygen atoms in total. The van der Waals surface area contributed by atoms with Gasteiger partial charge < -0.3 is 15.0 Å². The van der Waals surface area contributed by atoms with Crippen LogP contribution in [0.4, 0.5) is 13.2 Å². The molecule has 2 aromatic carbocycles. The molecule has 4 rings (SSSR count). The van der Waals surface area contributed by atoms with Gasteiger partial charge in [0.05, 0.1) is 16.9 Å². The largest absolute Gasteiger partial charge is 0.381 e. The van der Waals surface area contributed by atoms with Crippen LogP contribution >= 0.6 is 0 Å². The lowest BCUT2D eigenvalue weighted by molar-refractivity contribution is -0.123. The van der Waals surface area contributed by atoms with Gasteiger partial charge in [-0.15, -0.1) is 0 Å². The van der Waals surface area contributed by atoms with Gasteiger partial charge in [-0.2, -0.15) is 0 Å². The van der Waals surface area contributed by atoms with Crippen LogP contribution in [-0.4, -0.2) is 29.1 Å². The van der Waals surface area contributed by atoms with E-state index in [1.165, 1.54) is 24.3 Å². The van der Waals surface area contributed by atoms with Crippen LogP contribution in [0.25, 0.3) is 10.9 Å². The molecule has 0 saturated carbocycles. The van der Waals surface area contributed by atoms with Gasteiger partial charge in [0.15, 0.2) is 0 Å². The lowest BCUT2D eigenvalue weighted by atomic mass is 9.96. The Bertz CT molecular complexity index is 1240. The molecule has 0 bridgehead atoms. The van der Waals surface area contributed by atoms with Crippen LogP contribution in [0, 0.1) is 23.4 Å². The van der Waals surface area contributed by atoms with Crippen LogP contribution in [0.3, 0.4) is 0 Å². The van der Waals surface area contributed by atoms with E-state index in [1.807, 2.05) is 4.98 Å². The van der Waals surface area contributed by atoms with Crippen LogP contribution in [0.2, 0.25) is 0 Å². The van der Waals surface area contributed by atoms with Gasteiger partial charge in [-0.3, -0.25) is 14.6 Å². The highest BCUT2D eigenvalue weighted by molar-refractivity contribution is 5.77. The fraction of sp³-hybridized carbons (Fsp3) is 0.348. The van der Waals surface area contributed by atoms with Crippen molar-refractivity contribution in [2.45, 2.75) is 32.2 Å². The van der Waals surface area contributed by atoms with E-state index < -0.39 is 34.7 Å². The number of aromatic amines is 2. The molecule has 1 amide bonds. The monoisotopic (exact) mass is 463 g/mol. The summed E-state index contributed by atoms with van der Waals surface area (Å²) in [4.78, 5) is 38.2. The third kappa shape index (κ3) is 6.79. The summed E-state index contributed by atoms with van der Waals surface area (Å²) in [6.07, 6.45) is 2.19. The van der Waals surface area contributed by atoms with Gasteiger partial charge in [0, 0.05) is 31.3 Å². The molecule has 1 fully saturated rings. The van der Waals surface area contributed by atoms with Gasteiger partial charge >= 0.3 is 5.69 Å². The summed E-state index contributed by atoms with van der Waals surface area (Å²) in [5.41, 5.74) is -0.552. The SMILES string of the molecule is CC(NC(=O)CC1CCOCC1)c1ccc(F)cc1F.O=c1[nH]c(=O)c2cc(F)ccc2[nH]1. The highest BCUT2D eigenvalue weighted by atomic mass is 19.1. The molecule has 3 aromatic rings. The van der Waals surface area contributed by atoms with E-state index in [-0.39, 0.29) is 11.3 Å². The first kappa shape index (κ1) is 24.2. The predicted octanol–water partition coefficient (Wildman–Crippen LogP) is 3.31. The molecule has 176 valence electrons. The van der Waals surface area contributed by atoms with Crippen molar-refractivity contribution in [1.29, 1.82) is 0 Å². The van der Waals surface area contributed by atoms with Crippen LogP contribution in [0.15, 0.2) is 46.0 Å². The van der Waals surface area contributed by atoms with Crippen molar-refractivity contribution in [3.8, 4) is 0 Å². The highest BCUT2D eigenvalue weighted by Crippen LogP contribution is 2.21. The summed E-state index contributed by atoms with van der Waals surface area (Å²) in [5.74, 6) is -1.54. The molecule has 33 heavy (non-hydrogen) atoms. The van der Waals surface area contributed by atoms with E-state index in [0.29, 0.717) is 36.6 Å². The number of halogens is 3. The van der Waals surface area contributed by atoms with E-state index in [9.17, 15) is 27.6 Å². The number of aromatic nitrogens is 2. The van der Waals surface area contributed by atoms with E-state index in [0.717, 1.165) is 25.0 Å². The minimum absolute atomic E-state index is 0.104. The summed E-state index contributed by atoms with van der Waals surface area (Å²) < 4.78 is 44.4. The number of carbonyl (C=O) groups excluding carboxylic acids is 1. The predicted molar refractivity (Wildman–Crippen MR) is 116 cm³/mol. The van der Waals surface area contributed by atoms with Gasteiger partial charge in [0.1, 0.15) is 17.5 Å². The summed E-state index contributed by atoms with van der Waals surface area (Å²) in [6, 6.07) is 6.52. The average Bonchev–Trinajstić information content (AvgIpc) is 2.75. The third-order valence-electron chi connectivity index (χ3n) is 5.32. The van der Waals surface area contributed by atoms with Crippen LogP contribution in [0.1, 0.15) is 37.8 Å². The molecule has 1 aliphatic rings. The van der Waals surface area contributed by atoms with Crippen LogP contribution in [-0.2, 0) is 9.53 Å². The maximum atomic E-state index is 13.6. The Labute approximate surface area is 187 Å². The smallest absolute Gasteiger partial charge is 0.326 e. The van der Waals surface area contributed by atoms with Gasteiger partial charge in [-0.05, 0) is 49.9 Å². The number of rotatable bonds is 4. The molecule has 0 spiro atoms. The molecule has 1 aliphatic heterocycles. The average molecular weight is 463 g/mol. The first-order valence-corrected chi connectivity index (χ1v) is 10.5. The van der Waals surface area contributed by atoms with Crippen molar-refractivity contribution in [2.24, 2.45) is 5.92 Å². The van der Waals surface area contributed by atoms with Crippen molar-refractivity contribution in [1.82, 2.24) is 15.3 Å². The molecule has 1 atom stereocenters. The molecule has 1 unspecified atom stereocenters. The van der Waals surface area contributed by atoms with Crippen molar-refractivity contribution in [2.75, 3.05) is 13.2 Å². The Hall–Kier alpha value is -3.40. The second-order valence-electron chi connectivity index (χ2n) is 7.81. The van der Waals surface area contributed by atoms with Gasteiger partial charge in [-0.25, -0.2) is 18.0 Å². The first-order valence-electron chi connectivity index (χ1n) is 10.5. The number of nitrogens with one attached hydrogen (secondary N) is 3. The molecular weight excluding hydrogens is 439 g/mol. The van der Waals surface area contributed by atoms with E-state index >= 15 is 0 Å². The van der Waals surface area contributed by atoms with Gasteiger partial charge in [0.25, 0.3) is 5.56 Å². The molecule has 2 heterocycles. The Kier molecular flexibility index (Phi) is 8.05. The first-order chi connectivity index (χ1) is 15.7. The maximum absolute atomic E-state index is 13.6. The summed E-state index contributed by atoms with van der Waals surface area (Å²) >= 11 is 0. The summed E-state index contributed by atoms with van der Waals surface area (Å²) in [5, 5.41) is 2.90. The van der Waals surface area contributed by atoms with Gasteiger partial charge in [0.2, 0.25) is 5.91 Å². The fourth-order valence-corrected chi connectivity index (χ4v) is 3.58. The molecular formula is C23H24F3N3O4. The molecule has 10 heteroatoms. The normalized spacial score (nSPS) is 14.9. The van der Waals surface area contributed by atoms with Crippen molar-refractivity contribution in [3.63, 3.8) is 0 Å². The number of amides is 1. The van der Waals surface area contributed by atoms with E-state index in [2.05, 4.69) is 10.3 Å². The van der Waals surface area contributed by atoms with Crippen molar-refractivity contribution >= 4 is 16.8 Å². The van der Waals surface area contributed by atoms with Crippen molar-refractivity contribution in [3.05, 3.63) is 80.3 Å². The number of fused-ring (bicyclic) bond motifs is 1. The summed E-state index contributed by atoms with van der Waals surface area (Å²) in [6.45, 7) is 3.08. The topological polar surface area (TPSA) is 104 Å². The Morgan fingerprint density at radius 1 is 1.06 bits per heavy atom. The summed E-state index contributed by atoms with van der Waals surface area (Å²) in [7, 11) is 0. The number of hydrogen-bond donors (Lipinski definition) is 3. The second kappa shape index (κ2) is 11.0. The lowest BCUT2D eigenvalue weighted by Gasteiger charge is -2.22. The maximum Gasteiger partial charge on any atom is 0.326 e. The lowest BCUT2D eigenvalue weighted by Crippen LogP contribution is -2.30. The quantitative estimate of drug-likeness (QED) is 0.552. The fourth-order valence-electron chi connectivity index (χ4n) is 3.58. The molecule has 1 saturated heterocycles. The minimum Gasteiger partial charge on any atom is -0.381 e. The number of H-pyrrole nitrogens is 2. The second-order valence-corrected chi connectivity index (χ2v) is 7.81.